The van der Waals surface area contributed by atoms with E-state index >= 15 is 0 Å². The summed E-state index contributed by atoms with van der Waals surface area (Å²) in [6.45, 7) is 11.5. The molecule has 0 aromatic heterocycles. The van der Waals surface area contributed by atoms with E-state index in [0.29, 0.717) is 23.2 Å². The Morgan fingerprint density at radius 3 is 2.44 bits per heavy atom. The summed E-state index contributed by atoms with van der Waals surface area (Å²) in [5.74, 6) is 2.40. The lowest BCUT2D eigenvalue weighted by Crippen LogP contribution is -2.29. The third kappa shape index (κ3) is 6.75. The number of allylic oxidation sites excluding steroid dienone is 3. The molecule has 2 rings (SSSR count). The molecule has 0 saturated heterocycles. The van der Waals surface area contributed by atoms with Gasteiger partial charge < -0.3 is 10.2 Å². The molecule has 2 unspecified atom stereocenters. The summed E-state index contributed by atoms with van der Waals surface area (Å²) in [5.41, 5.74) is 1.73. The van der Waals surface area contributed by atoms with Crippen molar-refractivity contribution in [3.63, 3.8) is 0 Å². The van der Waals surface area contributed by atoms with E-state index in [0.717, 1.165) is 44.4 Å². The number of hydrogen-bond acceptors (Lipinski definition) is 2. The Labute approximate surface area is 169 Å². The second-order valence-corrected chi connectivity index (χ2v) is 9.94. The maximum absolute atomic E-state index is 10.1. The molecule has 0 radical (unpaired) electrons. The average Bonchev–Trinajstić information content (AvgIpc) is 2.87. The van der Waals surface area contributed by atoms with Crippen LogP contribution < -0.4 is 0 Å². The fourth-order valence-electron chi connectivity index (χ4n) is 5.26. The molecular formula is C25H46O2. The molecule has 158 valence electrons. The summed E-state index contributed by atoms with van der Waals surface area (Å²) in [7, 11) is 0. The van der Waals surface area contributed by atoms with E-state index in [1.807, 2.05) is 0 Å². The first-order chi connectivity index (χ1) is 12.2. The van der Waals surface area contributed by atoms with Gasteiger partial charge in [-0.15, -0.1) is 0 Å². The van der Waals surface area contributed by atoms with Crippen LogP contribution in [0.25, 0.3) is 0 Å². The molecule has 2 nitrogen and oxygen atoms in total. The van der Waals surface area contributed by atoms with Crippen LogP contribution >= 0.6 is 0 Å². The molecule has 5 atom stereocenters. The van der Waals surface area contributed by atoms with E-state index in [-0.39, 0.29) is 19.6 Å². The predicted octanol–water partition coefficient (Wildman–Crippen LogP) is 6.53. The maximum Gasteiger partial charge on any atom is 0.0577 e. The Bertz CT molecular complexity index is 489. The van der Waals surface area contributed by atoms with E-state index in [9.17, 15) is 10.2 Å². The van der Waals surface area contributed by atoms with Gasteiger partial charge in [-0.2, -0.15) is 0 Å². The van der Waals surface area contributed by atoms with Gasteiger partial charge in [-0.05, 0) is 80.5 Å². The lowest BCUT2D eigenvalue weighted by atomic mass is 9.69. The van der Waals surface area contributed by atoms with Gasteiger partial charge in [0.05, 0.1) is 12.2 Å². The molecular weight excluding hydrogens is 332 g/mol. The quantitative estimate of drug-likeness (QED) is 0.529. The molecule has 2 fully saturated rings. The van der Waals surface area contributed by atoms with Crippen molar-refractivity contribution in [3.8, 4) is 0 Å². The molecule has 2 saturated carbocycles. The minimum atomic E-state index is -0.157. The van der Waals surface area contributed by atoms with Gasteiger partial charge in [0.2, 0.25) is 0 Å². The third-order valence-corrected chi connectivity index (χ3v) is 7.28. The molecule has 0 heterocycles. The number of aliphatic hydroxyl groups excluding tert-OH is 2. The molecule has 2 heteroatoms. The van der Waals surface area contributed by atoms with Crippen LogP contribution in [0.3, 0.4) is 0 Å². The number of rotatable bonds is 7. The largest absolute Gasteiger partial charge is 0.393 e. The number of aliphatic hydroxyl groups is 2. The van der Waals surface area contributed by atoms with Gasteiger partial charge in [0.25, 0.3) is 0 Å². The summed E-state index contributed by atoms with van der Waals surface area (Å²) in [4.78, 5) is 0. The molecule has 2 aliphatic rings. The predicted molar refractivity (Wildman–Crippen MR) is 118 cm³/mol. The SMILES string of the molecule is C.CC(CC[C@@H](O)C(C)C)C1CC[C@@H](/C=C/C=C2/CCC[C@H](O)C2)C1(C)C. The summed E-state index contributed by atoms with van der Waals surface area (Å²) < 4.78 is 0. The zero-order valence-electron chi connectivity index (χ0n) is 17.7. The normalized spacial score (nSPS) is 32.0. The van der Waals surface area contributed by atoms with Crippen molar-refractivity contribution >= 4 is 0 Å². The van der Waals surface area contributed by atoms with Gasteiger partial charge in [-0.25, -0.2) is 0 Å². The highest BCUT2D eigenvalue weighted by Crippen LogP contribution is 2.52. The number of hydrogen-bond donors (Lipinski definition) is 2. The van der Waals surface area contributed by atoms with Gasteiger partial charge >= 0.3 is 0 Å². The molecule has 2 aliphatic carbocycles. The lowest BCUT2D eigenvalue weighted by molar-refractivity contribution is 0.0913. The molecule has 0 bridgehead atoms. The minimum absolute atomic E-state index is 0. The van der Waals surface area contributed by atoms with Crippen LogP contribution in [0.2, 0.25) is 0 Å². The summed E-state index contributed by atoms with van der Waals surface area (Å²) in [6.07, 6.45) is 15.4. The van der Waals surface area contributed by atoms with E-state index < -0.39 is 0 Å². The van der Waals surface area contributed by atoms with Crippen LogP contribution in [0.1, 0.15) is 93.4 Å². The van der Waals surface area contributed by atoms with E-state index in [1.165, 1.54) is 18.4 Å². The van der Waals surface area contributed by atoms with E-state index in [1.54, 1.807) is 0 Å². The second kappa shape index (κ2) is 10.8. The molecule has 2 N–H and O–H groups in total. The Hall–Kier alpha value is -0.600. The van der Waals surface area contributed by atoms with E-state index in [4.69, 9.17) is 0 Å². The van der Waals surface area contributed by atoms with Gasteiger partial charge in [-0.3, -0.25) is 0 Å². The fraction of sp³-hybridized carbons (Fsp3) is 0.840. The molecule has 0 aromatic carbocycles. The summed E-state index contributed by atoms with van der Waals surface area (Å²) in [6, 6.07) is 0. The third-order valence-electron chi connectivity index (χ3n) is 7.28. The first-order valence-corrected chi connectivity index (χ1v) is 10.9. The highest BCUT2D eigenvalue weighted by molar-refractivity contribution is 5.17. The lowest BCUT2D eigenvalue weighted by Gasteiger charge is -2.36. The molecule has 0 amide bonds. The van der Waals surface area contributed by atoms with Crippen LogP contribution in [0.15, 0.2) is 23.8 Å². The average molecular weight is 379 g/mol. The first-order valence-electron chi connectivity index (χ1n) is 10.9. The van der Waals surface area contributed by atoms with Crippen molar-refractivity contribution in [3.05, 3.63) is 23.8 Å². The Morgan fingerprint density at radius 2 is 1.81 bits per heavy atom. The van der Waals surface area contributed by atoms with E-state index in [2.05, 4.69) is 52.8 Å². The van der Waals surface area contributed by atoms with Gasteiger partial charge in [0.15, 0.2) is 0 Å². The van der Waals surface area contributed by atoms with Gasteiger partial charge in [-0.1, -0.05) is 65.8 Å². The Balaban J connectivity index is 0.00000364. The fourth-order valence-corrected chi connectivity index (χ4v) is 5.26. The van der Waals surface area contributed by atoms with Crippen LogP contribution in [0, 0.1) is 29.1 Å². The summed E-state index contributed by atoms with van der Waals surface area (Å²) in [5, 5.41) is 19.9. The highest BCUT2D eigenvalue weighted by atomic mass is 16.3. The first kappa shape index (κ1) is 24.4. The highest BCUT2D eigenvalue weighted by Gasteiger charge is 2.43. The maximum atomic E-state index is 10.1. The minimum Gasteiger partial charge on any atom is -0.393 e. The van der Waals surface area contributed by atoms with Crippen molar-refractivity contribution in [1.29, 1.82) is 0 Å². The Kier molecular flexibility index (Phi) is 9.79. The standard InChI is InChI=1S/C24H42O2.CH4/c1-17(2)23(26)15-12-18(3)22-14-13-20(24(22,4)5)10-6-8-19-9-7-11-21(25)16-19;/h6,8,10,17-18,20-23,25-26H,7,9,11-16H2,1-5H3;1H4/b10-6+,19-8-;/t18?,20-,21+,22?,23-;/m1./s1. The van der Waals surface area contributed by atoms with Crippen molar-refractivity contribution in [2.24, 2.45) is 29.1 Å². The molecule has 0 spiro atoms. The molecule has 0 aliphatic heterocycles. The van der Waals surface area contributed by atoms with Gasteiger partial charge in [0.1, 0.15) is 0 Å². The van der Waals surface area contributed by atoms with Crippen LogP contribution in [0.5, 0.6) is 0 Å². The smallest absolute Gasteiger partial charge is 0.0577 e. The zero-order valence-corrected chi connectivity index (χ0v) is 17.7. The topological polar surface area (TPSA) is 40.5 Å². The second-order valence-electron chi connectivity index (χ2n) is 9.94. The van der Waals surface area contributed by atoms with Gasteiger partial charge in [0, 0.05) is 0 Å². The van der Waals surface area contributed by atoms with Crippen molar-refractivity contribution in [2.45, 2.75) is 106 Å². The molecule has 0 aromatic rings. The van der Waals surface area contributed by atoms with Crippen molar-refractivity contribution in [1.82, 2.24) is 0 Å². The van der Waals surface area contributed by atoms with Crippen LogP contribution in [-0.4, -0.2) is 22.4 Å². The van der Waals surface area contributed by atoms with Crippen molar-refractivity contribution in [2.75, 3.05) is 0 Å². The summed E-state index contributed by atoms with van der Waals surface area (Å²) >= 11 is 0. The zero-order chi connectivity index (χ0) is 19.3. The molecule has 27 heavy (non-hydrogen) atoms. The van der Waals surface area contributed by atoms with Crippen molar-refractivity contribution < 1.29 is 10.2 Å². The monoisotopic (exact) mass is 378 g/mol. The van der Waals surface area contributed by atoms with Crippen LogP contribution in [0.4, 0.5) is 0 Å². The van der Waals surface area contributed by atoms with Crippen LogP contribution in [-0.2, 0) is 0 Å². The Morgan fingerprint density at radius 1 is 1.11 bits per heavy atom.